The van der Waals surface area contributed by atoms with Crippen LogP contribution in [0.5, 0.6) is 0 Å². The van der Waals surface area contributed by atoms with E-state index in [0.717, 1.165) is 10.9 Å². The molecule has 0 bridgehead atoms. The van der Waals surface area contributed by atoms with Crippen molar-refractivity contribution >= 4 is 17.6 Å². The molecule has 100 valence electrons. The summed E-state index contributed by atoms with van der Waals surface area (Å²) in [7, 11) is 1.22. The van der Waals surface area contributed by atoms with Crippen LogP contribution in [0.25, 0.3) is 5.69 Å². The monoisotopic (exact) mass is 287 g/mol. The zero-order chi connectivity index (χ0) is 14.0. The smallest absolute Gasteiger partial charge is 0.339 e. The number of ether oxygens (including phenoxy) is 1. The summed E-state index contributed by atoms with van der Waals surface area (Å²) in [5.41, 5.74) is 0.484. The second-order valence-corrected chi connectivity index (χ2v) is 3.92. The Balaban J connectivity index is 2.45. The molecule has 0 amide bonds. The summed E-state index contributed by atoms with van der Waals surface area (Å²) in [6, 6.07) is 4.20. The van der Waals surface area contributed by atoms with Crippen molar-refractivity contribution in [3.8, 4) is 5.69 Å². The van der Waals surface area contributed by atoms with Crippen LogP contribution in [0.1, 0.15) is 22.6 Å². The molecule has 0 saturated heterocycles. The molecular weight excluding hydrogens is 280 g/mol. The molecule has 0 atom stereocenters. The number of carbonyl (C=O) groups excluding carboxylic acids is 1. The standard InChI is InChI=1S/C11H8ClF2N3O2/c1-19-11(18)7-3-2-6(4-8(7)12)17-5-15-16-10(17)9(13)14/h2-5,9H,1H3. The largest absolute Gasteiger partial charge is 0.465 e. The fraction of sp³-hybridized carbons (Fsp3) is 0.182. The van der Waals surface area contributed by atoms with Gasteiger partial charge in [-0.1, -0.05) is 11.6 Å². The molecule has 0 aliphatic carbocycles. The van der Waals surface area contributed by atoms with Crippen LogP contribution in [0.2, 0.25) is 5.02 Å². The third-order valence-corrected chi connectivity index (χ3v) is 2.72. The quantitative estimate of drug-likeness (QED) is 0.814. The molecule has 2 aromatic rings. The molecule has 0 spiro atoms. The van der Waals surface area contributed by atoms with Crippen molar-refractivity contribution in [1.29, 1.82) is 0 Å². The fourth-order valence-corrected chi connectivity index (χ4v) is 1.77. The molecule has 5 nitrogen and oxygen atoms in total. The molecule has 1 aromatic carbocycles. The van der Waals surface area contributed by atoms with Crippen LogP contribution in [0.15, 0.2) is 24.5 Å². The number of alkyl halides is 2. The average Bonchev–Trinajstić information content (AvgIpc) is 2.87. The maximum Gasteiger partial charge on any atom is 0.339 e. The lowest BCUT2D eigenvalue weighted by atomic mass is 10.2. The topological polar surface area (TPSA) is 57.0 Å². The molecule has 2 rings (SSSR count). The number of benzene rings is 1. The normalized spacial score (nSPS) is 10.8. The van der Waals surface area contributed by atoms with Crippen LogP contribution in [-0.2, 0) is 4.74 Å². The third-order valence-electron chi connectivity index (χ3n) is 2.41. The highest BCUT2D eigenvalue weighted by molar-refractivity contribution is 6.33. The van der Waals surface area contributed by atoms with E-state index in [1.165, 1.54) is 25.3 Å². The molecule has 0 aliphatic rings. The first-order chi connectivity index (χ1) is 9.04. The van der Waals surface area contributed by atoms with Crippen molar-refractivity contribution in [3.63, 3.8) is 0 Å². The lowest BCUT2D eigenvalue weighted by molar-refractivity contribution is 0.0601. The second-order valence-electron chi connectivity index (χ2n) is 3.52. The van der Waals surface area contributed by atoms with Gasteiger partial charge in [0.15, 0.2) is 0 Å². The molecular formula is C11H8ClF2N3O2. The molecule has 0 aliphatic heterocycles. The zero-order valence-corrected chi connectivity index (χ0v) is 10.4. The molecule has 0 radical (unpaired) electrons. The number of esters is 1. The van der Waals surface area contributed by atoms with Gasteiger partial charge in [0, 0.05) is 0 Å². The van der Waals surface area contributed by atoms with Crippen molar-refractivity contribution in [3.05, 3.63) is 40.9 Å². The Hall–Kier alpha value is -2.02. The summed E-state index contributed by atoms with van der Waals surface area (Å²) in [5, 5.41) is 6.84. The van der Waals surface area contributed by atoms with Crippen molar-refractivity contribution < 1.29 is 18.3 Å². The van der Waals surface area contributed by atoms with Crippen LogP contribution in [0.3, 0.4) is 0 Å². The molecule has 0 N–H and O–H groups in total. The number of hydrogen-bond donors (Lipinski definition) is 0. The molecule has 8 heteroatoms. The van der Waals surface area contributed by atoms with Crippen molar-refractivity contribution in [1.82, 2.24) is 14.8 Å². The lowest BCUT2D eigenvalue weighted by Gasteiger charge is -2.08. The molecule has 0 unspecified atom stereocenters. The van der Waals surface area contributed by atoms with Crippen molar-refractivity contribution in [2.24, 2.45) is 0 Å². The molecule has 0 saturated carbocycles. The Morgan fingerprint density at radius 1 is 1.47 bits per heavy atom. The van der Waals surface area contributed by atoms with Gasteiger partial charge < -0.3 is 4.74 Å². The van der Waals surface area contributed by atoms with E-state index in [4.69, 9.17) is 11.6 Å². The first-order valence-corrected chi connectivity index (χ1v) is 5.48. The van der Waals surface area contributed by atoms with Gasteiger partial charge in [0.1, 0.15) is 6.33 Å². The molecule has 0 fully saturated rings. The van der Waals surface area contributed by atoms with Crippen molar-refractivity contribution in [2.75, 3.05) is 7.11 Å². The predicted molar refractivity (Wildman–Crippen MR) is 62.7 cm³/mol. The maximum absolute atomic E-state index is 12.7. The lowest BCUT2D eigenvalue weighted by Crippen LogP contribution is -2.05. The second kappa shape index (κ2) is 5.31. The van der Waals surface area contributed by atoms with Gasteiger partial charge in [0.05, 0.1) is 23.4 Å². The minimum Gasteiger partial charge on any atom is -0.465 e. The van der Waals surface area contributed by atoms with Gasteiger partial charge in [-0.2, -0.15) is 0 Å². The van der Waals surface area contributed by atoms with Gasteiger partial charge in [-0.3, -0.25) is 4.57 Å². The molecule has 1 aromatic heterocycles. The van der Waals surface area contributed by atoms with E-state index < -0.39 is 18.2 Å². The van der Waals surface area contributed by atoms with E-state index in [0.29, 0.717) is 5.69 Å². The third kappa shape index (κ3) is 2.55. The highest BCUT2D eigenvalue weighted by Gasteiger charge is 2.18. The summed E-state index contributed by atoms with van der Waals surface area (Å²) in [5.74, 6) is -1.10. The minimum absolute atomic E-state index is 0.0956. The van der Waals surface area contributed by atoms with Crippen LogP contribution >= 0.6 is 11.6 Å². The number of halogens is 3. The summed E-state index contributed by atoms with van der Waals surface area (Å²) >= 11 is 5.91. The Morgan fingerprint density at radius 3 is 2.79 bits per heavy atom. The van der Waals surface area contributed by atoms with E-state index in [1.54, 1.807) is 0 Å². The van der Waals surface area contributed by atoms with Gasteiger partial charge in [-0.05, 0) is 18.2 Å². The van der Waals surface area contributed by atoms with Gasteiger partial charge in [-0.15, -0.1) is 10.2 Å². The van der Waals surface area contributed by atoms with Crippen LogP contribution < -0.4 is 0 Å². The SMILES string of the molecule is COC(=O)c1ccc(-n2cnnc2C(F)F)cc1Cl. The molecule has 1 heterocycles. The Morgan fingerprint density at radius 2 is 2.21 bits per heavy atom. The average molecular weight is 288 g/mol. The number of rotatable bonds is 3. The highest BCUT2D eigenvalue weighted by Crippen LogP contribution is 2.24. The minimum atomic E-state index is -2.76. The van der Waals surface area contributed by atoms with E-state index in [1.807, 2.05) is 0 Å². The number of methoxy groups -OCH3 is 1. The number of carbonyl (C=O) groups is 1. The predicted octanol–water partition coefficient (Wildman–Crippen LogP) is 2.64. The van der Waals surface area contributed by atoms with E-state index in [-0.39, 0.29) is 10.6 Å². The Labute approximate surface area is 111 Å². The van der Waals surface area contributed by atoms with E-state index >= 15 is 0 Å². The Kier molecular flexibility index (Phi) is 3.75. The van der Waals surface area contributed by atoms with Crippen molar-refractivity contribution in [2.45, 2.75) is 6.43 Å². The fourth-order valence-electron chi connectivity index (χ4n) is 1.52. The number of nitrogens with zero attached hydrogens (tertiary/aromatic N) is 3. The van der Waals surface area contributed by atoms with Gasteiger partial charge in [0.25, 0.3) is 6.43 Å². The van der Waals surface area contributed by atoms with Gasteiger partial charge in [-0.25, -0.2) is 13.6 Å². The molecule has 19 heavy (non-hydrogen) atoms. The summed E-state index contributed by atoms with van der Waals surface area (Å²) in [6.07, 6.45) is -1.62. The van der Waals surface area contributed by atoms with E-state index in [2.05, 4.69) is 14.9 Å². The van der Waals surface area contributed by atoms with Crippen LogP contribution in [0, 0.1) is 0 Å². The summed E-state index contributed by atoms with van der Waals surface area (Å²) < 4.78 is 31.0. The van der Waals surface area contributed by atoms with Crippen LogP contribution in [-0.4, -0.2) is 27.8 Å². The van der Waals surface area contributed by atoms with Crippen LogP contribution in [0.4, 0.5) is 8.78 Å². The van der Waals surface area contributed by atoms with Gasteiger partial charge >= 0.3 is 5.97 Å². The summed E-state index contributed by atoms with van der Waals surface area (Å²) in [6.45, 7) is 0. The summed E-state index contributed by atoms with van der Waals surface area (Å²) in [4.78, 5) is 11.3. The first kappa shape index (κ1) is 13.4. The maximum atomic E-state index is 12.7. The number of aromatic nitrogens is 3. The first-order valence-electron chi connectivity index (χ1n) is 5.11. The van der Waals surface area contributed by atoms with Gasteiger partial charge in [0.2, 0.25) is 5.82 Å². The number of hydrogen-bond acceptors (Lipinski definition) is 4. The zero-order valence-electron chi connectivity index (χ0n) is 9.68. The Bertz CT molecular complexity index is 616. The van der Waals surface area contributed by atoms with E-state index in [9.17, 15) is 13.6 Å². The highest BCUT2D eigenvalue weighted by atomic mass is 35.5.